The highest BCUT2D eigenvalue weighted by Crippen LogP contribution is 2.42. The number of thioether (sulfide) groups is 1. The first-order chi connectivity index (χ1) is 10.0. The molecule has 2 amide bonds. The van der Waals surface area contributed by atoms with E-state index in [-0.39, 0.29) is 17.2 Å². The quantitative estimate of drug-likeness (QED) is 0.755. The van der Waals surface area contributed by atoms with Gasteiger partial charge in [-0.15, -0.1) is 0 Å². The van der Waals surface area contributed by atoms with Gasteiger partial charge in [0.05, 0.1) is 6.42 Å². The molecule has 1 saturated carbocycles. The molecular formula is C15H20N2O3S. The molecule has 5 nitrogen and oxygen atoms in total. The van der Waals surface area contributed by atoms with Crippen LogP contribution < -0.4 is 10.6 Å². The van der Waals surface area contributed by atoms with Crippen LogP contribution in [0.3, 0.4) is 0 Å². The minimum Gasteiger partial charge on any atom is -0.481 e. The number of urea groups is 1. The van der Waals surface area contributed by atoms with Crippen molar-refractivity contribution in [2.75, 3.05) is 18.1 Å². The maximum atomic E-state index is 11.9. The second kappa shape index (κ2) is 6.85. The smallest absolute Gasteiger partial charge is 0.319 e. The largest absolute Gasteiger partial charge is 0.481 e. The van der Waals surface area contributed by atoms with Gasteiger partial charge in [-0.2, -0.15) is 11.8 Å². The number of nitrogens with one attached hydrogen (secondary N) is 2. The Bertz CT molecular complexity index is 507. The molecular weight excluding hydrogens is 288 g/mol. The van der Waals surface area contributed by atoms with Gasteiger partial charge in [0.1, 0.15) is 0 Å². The summed E-state index contributed by atoms with van der Waals surface area (Å²) in [7, 11) is 0. The van der Waals surface area contributed by atoms with E-state index in [2.05, 4.69) is 16.9 Å². The normalized spacial score (nSPS) is 15.9. The summed E-state index contributed by atoms with van der Waals surface area (Å²) in [5.74, 6) is -0.865. The van der Waals surface area contributed by atoms with Crippen LogP contribution in [-0.2, 0) is 11.2 Å². The zero-order valence-corrected chi connectivity index (χ0v) is 12.8. The van der Waals surface area contributed by atoms with Crippen molar-refractivity contribution in [3.63, 3.8) is 0 Å². The lowest BCUT2D eigenvalue weighted by Crippen LogP contribution is -2.46. The SMILES string of the molecule is CSC1(CNC(=O)Nc2ccc(CC(=O)O)cc2)CCC1. The van der Waals surface area contributed by atoms with Gasteiger partial charge in [0.25, 0.3) is 0 Å². The summed E-state index contributed by atoms with van der Waals surface area (Å²) in [6.45, 7) is 0.678. The summed E-state index contributed by atoms with van der Waals surface area (Å²) >= 11 is 1.82. The number of carboxylic acid groups (broad SMARTS) is 1. The zero-order chi connectivity index (χ0) is 15.3. The average molecular weight is 308 g/mol. The van der Waals surface area contributed by atoms with Crippen LogP contribution in [0.2, 0.25) is 0 Å². The summed E-state index contributed by atoms with van der Waals surface area (Å²) in [5, 5.41) is 14.4. The summed E-state index contributed by atoms with van der Waals surface area (Å²) < 4.78 is 0.211. The van der Waals surface area contributed by atoms with Crippen LogP contribution in [0.4, 0.5) is 10.5 Å². The van der Waals surface area contributed by atoms with Gasteiger partial charge in [-0.3, -0.25) is 4.79 Å². The fraction of sp³-hybridized carbons (Fsp3) is 0.467. The number of rotatable bonds is 6. The van der Waals surface area contributed by atoms with Crippen molar-refractivity contribution in [3.05, 3.63) is 29.8 Å². The summed E-state index contributed by atoms with van der Waals surface area (Å²) in [6, 6.07) is 6.62. The van der Waals surface area contributed by atoms with E-state index in [1.807, 2.05) is 11.8 Å². The van der Waals surface area contributed by atoms with Gasteiger partial charge in [-0.05, 0) is 36.8 Å². The first kappa shape index (κ1) is 15.7. The lowest BCUT2D eigenvalue weighted by Gasteiger charge is -2.40. The number of carbonyl (C=O) groups is 2. The van der Waals surface area contributed by atoms with Crippen LogP contribution in [0.15, 0.2) is 24.3 Å². The Hall–Kier alpha value is -1.69. The second-order valence-corrected chi connectivity index (χ2v) is 6.59. The molecule has 1 aliphatic carbocycles. The van der Waals surface area contributed by atoms with E-state index in [0.717, 1.165) is 12.8 Å². The molecule has 0 saturated heterocycles. The zero-order valence-electron chi connectivity index (χ0n) is 12.0. The van der Waals surface area contributed by atoms with Gasteiger partial charge in [-0.25, -0.2) is 4.79 Å². The molecule has 3 N–H and O–H groups in total. The second-order valence-electron chi connectivity index (χ2n) is 5.32. The highest BCUT2D eigenvalue weighted by atomic mass is 32.2. The van der Waals surface area contributed by atoms with E-state index in [9.17, 15) is 9.59 Å². The molecule has 1 aliphatic rings. The van der Waals surface area contributed by atoms with Crippen LogP contribution in [-0.4, -0.2) is 34.7 Å². The molecule has 1 aromatic rings. The Labute approximate surface area is 128 Å². The van der Waals surface area contributed by atoms with Gasteiger partial charge in [-0.1, -0.05) is 18.6 Å². The number of carboxylic acids is 1. The third-order valence-electron chi connectivity index (χ3n) is 3.84. The summed E-state index contributed by atoms with van der Waals surface area (Å²) in [6.07, 6.45) is 5.61. The van der Waals surface area contributed by atoms with E-state index in [0.29, 0.717) is 17.8 Å². The molecule has 0 aromatic heterocycles. The number of anilines is 1. The molecule has 1 aromatic carbocycles. The fourth-order valence-electron chi connectivity index (χ4n) is 2.32. The Morgan fingerprint density at radius 1 is 1.29 bits per heavy atom. The molecule has 0 aliphatic heterocycles. The Balaban J connectivity index is 1.81. The molecule has 21 heavy (non-hydrogen) atoms. The van der Waals surface area contributed by atoms with Crippen molar-refractivity contribution in [3.8, 4) is 0 Å². The molecule has 0 heterocycles. The van der Waals surface area contributed by atoms with E-state index >= 15 is 0 Å². The lowest BCUT2D eigenvalue weighted by atomic mass is 9.84. The highest BCUT2D eigenvalue weighted by molar-refractivity contribution is 8.00. The number of hydrogen-bond acceptors (Lipinski definition) is 3. The number of hydrogen-bond donors (Lipinski definition) is 3. The van der Waals surface area contributed by atoms with Crippen molar-refractivity contribution in [2.45, 2.75) is 30.4 Å². The van der Waals surface area contributed by atoms with Crippen LogP contribution in [0, 0.1) is 0 Å². The molecule has 6 heteroatoms. The van der Waals surface area contributed by atoms with E-state index in [4.69, 9.17) is 5.11 Å². The van der Waals surface area contributed by atoms with Crippen LogP contribution in [0.25, 0.3) is 0 Å². The molecule has 114 valence electrons. The fourth-order valence-corrected chi connectivity index (χ4v) is 3.23. The van der Waals surface area contributed by atoms with Crippen molar-refractivity contribution in [2.24, 2.45) is 0 Å². The maximum Gasteiger partial charge on any atom is 0.319 e. The number of aliphatic carboxylic acids is 1. The molecule has 2 rings (SSSR count). The van der Waals surface area contributed by atoms with Crippen LogP contribution in [0.5, 0.6) is 0 Å². The van der Waals surface area contributed by atoms with Crippen LogP contribution in [0.1, 0.15) is 24.8 Å². The number of amides is 2. The molecule has 1 fully saturated rings. The molecule has 0 atom stereocenters. The van der Waals surface area contributed by atoms with Crippen molar-refractivity contribution >= 4 is 29.4 Å². The van der Waals surface area contributed by atoms with Gasteiger partial charge < -0.3 is 15.7 Å². The molecule has 0 unspecified atom stereocenters. The molecule has 0 radical (unpaired) electrons. The van der Waals surface area contributed by atoms with Crippen LogP contribution >= 0.6 is 11.8 Å². The standard InChI is InChI=1S/C15H20N2O3S/c1-21-15(7-2-8-15)10-16-14(20)17-12-5-3-11(4-6-12)9-13(18)19/h3-6H,2,7-10H2,1H3,(H,18,19)(H2,16,17,20). The summed E-state index contributed by atoms with van der Waals surface area (Å²) in [5.41, 5.74) is 1.37. The summed E-state index contributed by atoms with van der Waals surface area (Å²) in [4.78, 5) is 22.4. The Kier molecular flexibility index (Phi) is 5.12. The average Bonchev–Trinajstić information content (AvgIpc) is 2.40. The van der Waals surface area contributed by atoms with E-state index < -0.39 is 5.97 Å². The minimum atomic E-state index is -0.865. The first-order valence-corrected chi connectivity index (χ1v) is 8.16. The van der Waals surface area contributed by atoms with Gasteiger partial charge >= 0.3 is 12.0 Å². The third kappa shape index (κ3) is 4.39. The van der Waals surface area contributed by atoms with Crippen molar-refractivity contribution < 1.29 is 14.7 Å². The minimum absolute atomic E-state index is 0.0112. The van der Waals surface area contributed by atoms with E-state index in [1.165, 1.54) is 6.42 Å². The number of benzene rings is 1. The predicted octanol–water partition coefficient (Wildman–Crippen LogP) is 2.72. The lowest BCUT2D eigenvalue weighted by molar-refractivity contribution is -0.136. The number of carbonyl (C=O) groups excluding carboxylic acids is 1. The first-order valence-electron chi connectivity index (χ1n) is 6.94. The topological polar surface area (TPSA) is 78.4 Å². The maximum absolute atomic E-state index is 11.9. The molecule has 0 spiro atoms. The highest BCUT2D eigenvalue weighted by Gasteiger charge is 2.36. The molecule has 0 bridgehead atoms. The van der Waals surface area contributed by atoms with Crippen molar-refractivity contribution in [1.29, 1.82) is 0 Å². The van der Waals surface area contributed by atoms with Gasteiger partial charge in [0.15, 0.2) is 0 Å². The third-order valence-corrected chi connectivity index (χ3v) is 5.25. The van der Waals surface area contributed by atoms with Gasteiger partial charge in [0, 0.05) is 17.0 Å². The Morgan fingerprint density at radius 3 is 2.43 bits per heavy atom. The predicted molar refractivity (Wildman–Crippen MR) is 84.9 cm³/mol. The monoisotopic (exact) mass is 308 g/mol. The van der Waals surface area contributed by atoms with E-state index in [1.54, 1.807) is 24.3 Å². The van der Waals surface area contributed by atoms with Crippen molar-refractivity contribution in [1.82, 2.24) is 5.32 Å². The van der Waals surface area contributed by atoms with Gasteiger partial charge in [0.2, 0.25) is 0 Å². The Morgan fingerprint density at radius 2 is 1.95 bits per heavy atom.